The molecule has 2 aromatic rings. The summed E-state index contributed by atoms with van der Waals surface area (Å²) in [4.78, 5) is 38.9. The van der Waals surface area contributed by atoms with Crippen LogP contribution in [-0.2, 0) is 14.4 Å². The summed E-state index contributed by atoms with van der Waals surface area (Å²) in [5.41, 5.74) is 4.47. The number of hydrogen-bond donors (Lipinski definition) is 2. The van der Waals surface area contributed by atoms with Gasteiger partial charge >= 0.3 is 0 Å². The van der Waals surface area contributed by atoms with E-state index in [4.69, 9.17) is 9.47 Å². The molecule has 0 saturated heterocycles. The van der Waals surface area contributed by atoms with Crippen LogP contribution >= 0.6 is 15.9 Å². The van der Waals surface area contributed by atoms with E-state index in [2.05, 4.69) is 26.6 Å². The van der Waals surface area contributed by atoms with Crippen LogP contribution < -0.4 is 20.1 Å². The van der Waals surface area contributed by atoms with E-state index in [1.54, 1.807) is 37.4 Å². The number of methoxy groups -OCH3 is 1. The summed E-state index contributed by atoms with van der Waals surface area (Å²) in [6, 6.07) is 12.5. The smallest absolute Gasteiger partial charge is 0.262 e. The summed E-state index contributed by atoms with van der Waals surface area (Å²) in [5.74, 6) is 0.465. The molecule has 2 aromatic carbocycles. The number of allylic oxidation sites excluding steroid dienone is 4. The third-order valence-electron chi connectivity index (χ3n) is 6.81. The highest BCUT2D eigenvalue weighted by Gasteiger charge is 2.41. The molecule has 0 spiro atoms. The number of ether oxygens (including phenoxy) is 2. The maximum Gasteiger partial charge on any atom is 0.262 e. The van der Waals surface area contributed by atoms with Crippen LogP contribution in [0.4, 0.5) is 5.69 Å². The molecule has 7 nitrogen and oxygen atoms in total. The number of ketones is 2. The lowest BCUT2D eigenvalue weighted by Gasteiger charge is -2.37. The maximum atomic E-state index is 13.1. The predicted molar refractivity (Wildman–Crippen MR) is 139 cm³/mol. The number of hydrogen-bond acceptors (Lipinski definition) is 6. The Hall–Kier alpha value is -3.39. The van der Waals surface area contributed by atoms with Crippen molar-refractivity contribution in [1.29, 1.82) is 0 Å². The number of Topliss-reactive ketones (excluding diaryl/α,β-unsaturated/α-hetero) is 2. The number of nitrogens with one attached hydrogen (secondary N) is 2. The van der Waals surface area contributed by atoms with Crippen LogP contribution in [0.5, 0.6) is 11.5 Å². The van der Waals surface area contributed by atoms with E-state index in [-0.39, 0.29) is 24.1 Å². The summed E-state index contributed by atoms with van der Waals surface area (Å²) < 4.78 is 12.0. The minimum Gasteiger partial charge on any atom is -0.497 e. The monoisotopic (exact) mass is 550 g/mol. The van der Waals surface area contributed by atoms with Gasteiger partial charge in [-0.05, 0) is 68.1 Å². The number of benzene rings is 2. The van der Waals surface area contributed by atoms with Crippen LogP contribution in [0.3, 0.4) is 0 Å². The molecule has 0 bridgehead atoms. The first-order valence-corrected chi connectivity index (χ1v) is 12.9. The Balaban J connectivity index is 1.45. The van der Waals surface area contributed by atoms with Crippen molar-refractivity contribution >= 4 is 39.1 Å². The minimum atomic E-state index is -0.506. The molecule has 2 N–H and O–H groups in total. The van der Waals surface area contributed by atoms with Gasteiger partial charge in [-0.25, -0.2) is 0 Å². The van der Waals surface area contributed by atoms with Crippen LogP contribution in [0, 0.1) is 0 Å². The first kappa shape index (κ1) is 24.3. The minimum absolute atomic E-state index is 0.0573. The van der Waals surface area contributed by atoms with Gasteiger partial charge in [-0.3, -0.25) is 14.4 Å². The van der Waals surface area contributed by atoms with Gasteiger partial charge < -0.3 is 20.1 Å². The SMILES string of the molecule is COc1ccc(NC(=O)COc2ccc(Br)cc2C2C3=C(CCCC3=O)NC3=C2C(=O)CCC3)cc1. The zero-order valence-electron chi connectivity index (χ0n) is 20.0. The Kier molecular flexibility index (Phi) is 6.96. The van der Waals surface area contributed by atoms with E-state index >= 15 is 0 Å². The zero-order chi connectivity index (χ0) is 25.2. The number of anilines is 1. The van der Waals surface area contributed by atoms with Crippen LogP contribution in [0.25, 0.3) is 0 Å². The fourth-order valence-corrected chi connectivity index (χ4v) is 5.56. The van der Waals surface area contributed by atoms with Crippen molar-refractivity contribution in [2.75, 3.05) is 19.0 Å². The van der Waals surface area contributed by atoms with Crippen molar-refractivity contribution in [3.8, 4) is 11.5 Å². The van der Waals surface area contributed by atoms with Crippen molar-refractivity contribution in [3.63, 3.8) is 0 Å². The molecule has 0 radical (unpaired) electrons. The first-order chi connectivity index (χ1) is 17.4. The molecule has 0 atom stereocenters. The van der Waals surface area contributed by atoms with Crippen molar-refractivity contribution in [1.82, 2.24) is 5.32 Å². The third-order valence-corrected chi connectivity index (χ3v) is 7.30. The molecule has 5 rings (SSSR count). The van der Waals surface area contributed by atoms with Gasteiger partial charge in [-0.2, -0.15) is 0 Å². The number of carbonyl (C=O) groups excluding carboxylic acids is 3. The highest BCUT2D eigenvalue weighted by Crippen LogP contribution is 2.48. The van der Waals surface area contributed by atoms with Crippen molar-refractivity contribution in [3.05, 3.63) is 75.0 Å². The normalized spacial score (nSPS) is 17.8. The van der Waals surface area contributed by atoms with Crippen LogP contribution in [0.1, 0.15) is 50.0 Å². The molecule has 0 fully saturated rings. The van der Waals surface area contributed by atoms with Crippen LogP contribution in [0.2, 0.25) is 0 Å². The highest BCUT2D eigenvalue weighted by atomic mass is 79.9. The quantitative estimate of drug-likeness (QED) is 0.514. The van der Waals surface area contributed by atoms with Crippen LogP contribution in [0.15, 0.2) is 69.5 Å². The lowest BCUT2D eigenvalue weighted by Crippen LogP contribution is -2.36. The lowest BCUT2D eigenvalue weighted by atomic mass is 9.71. The van der Waals surface area contributed by atoms with Gasteiger partial charge in [0.15, 0.2) is 18.2 Å². The molecule has 0 aromatic heterocycles. The number of carbonyl (C=O) groups is 3. The molecular formula is C28H27BrN2O5. The van der Waals surface area contributed by atoms with Gasteiger partial charge in [0.2, 0.25) is 0 Å². The average Bonchev–Trinajstić information content (AvgIpc) is 2.87. The van der Waals surface area contributed by atoms with E-state index in [1.807, 2.05) is 12.1 Å². The fraction of sp³-hybridized carbons (Fsp3) is 0.321. The number of rotatable bonds is 6. The lowest BCUT2D eigenvalue weighted by molar-refractivity contribution is -0.119. The topological polar surface area (TPSA) is 93.7 Å². The van der Waals surface area contributed by atoms with Gasteiger partial charge in [-0.15, -0.1) is 0 Å². The standard InChI is InChI=1S/C28H27BrN2O5/c1-35-18-11-9-17(10-12-18)30-25(34)15-36-24-13-8-16(29)14-19(24)26-27-20(4-2-6-22(27)32)31-21-5-3-7-23(33)28(21)26/h8-14,26,31H,2-7,15H2,1H3,(H,30,34). The van der Waals surface area contributed by atoms with E-state index in [9.17, 15) is 14.4 Å². The van der Waals surface area contributed by atoms with Crippen molar-refractivity contribution in [2.45, 2.75) is 44.4 Å². The maximum absolute atomic E-state index is 13.1. The number of halogens is 1. The second kappa shape index (κ2) is 10.3. The predicted octanol–water partition coefficient (Wildman–Crippen LogP) is 5.18. The molecule has 1 amide bonds. The fourth-order valence-electron chi connectivity index (χ4n) is 5.19. The van der Waals surface area contributed by atoms with Gasteiger partial charge in [0.05, 0.1) is 7.11 Å². The molecule has 36 heavy (non-hydrogen) atoms. The van der Waals surface area contributed by atoms with Gasteiger partial charge in [0.25, 0.3) is 5.91 Å². The van der Waals surface area contributed by atoms with Gasteiger partial charge in [0.1, 0.15) is 11.5 Å². The Morgan fingerprint density at radius 2 is 1.61 bits per heavy atom. The van der Waals surface area contributed by atoms with Crippen LogP contribution in [-0.4, -0.2) is 31.2 Å². The number of amides is 1. The van der Waals surface area contributed by atoms with Crippen molar-refractivity contribution in [2.24, 2.45) is 0 Å². The zero-order valence-corrected chi connectivity index (χ0v) is 21.6. The molecule has 186 valence electrons. The Bertz CT molecular complexity index is 1250. The van der Waals surface area contributed by atoms with Gasteiger partial charge in [0, 0.05) is 57.0 Å². The molecule has 1 aliphatic heterocycles. The second-order valence-corrected chi connectivity index (χ2v) is 10.1. The summed E-state index contributed by atoms with van der Waals surface area (Å²) in [7, 11) is 1.58. The largest absolute Gasteiger partial charge is 0.497 e. The molecule has 0 saturated carbocycles. The highest BCUT2D eigenvalue weighted by molar-refractivity contribution is 9.10. The van der Waals surface area contributed by atoms with E-state index in [1.165, 1.54) is 0 Å². The summed E-state index contributed by atoms with van der Waals surface area (Å²) >= 11 is 3.54. The summed E-state index contributed by atoms with van der Waals surface area (Å²) in [6.07, 6.45) is 4.06. The molecular weight excluding hydrogens is 524 g/mol. The summed E-state index contributed by atoms with van der Waals surface area (Å²) in [6.45, 7) is -0.217. The van der Waals surface area contributed by atoms with E-state index in [0.29, 0.717) is 46.7 Å². The molecule has 8 heteroatoms. The molecule has 0 unspecified atom stereocenters. The summed E-state index contributed by atoms with van der Waals surface area (Å²) in [5, 5.41) is 6.24. The molecule has 2 aliphatic carbocycles. The second-order valence-electron chi connectivity index (χ2n) is 9.14. The Morgan fingerprint density at radius 3 is 2.22 bits per heavy atom. The van der Waals surface area contributed by atoms with Gasteiger partial charge in [-0.1, -0.05) is 15.9 Å². The van der Waals surface area contributed by atoms with E-state index in [0.717, 1.165) is 41.6 Å². The first-order valence-electron chi connectivity index (χ1n) is 12.1. The van der Waals surface area contributed by atoms with E-state index < -0.39 is 5.92 Å². The Labute approximate surface area is 218 Å². The number of dihydropyridines is 1. The Morgan fingerprint density at radius 1 is 0.972 bits per heavy atom. The third kappa shape index (κ3) is 4.82. The van der Waals surface area contributed by atoms with Crippen molar-refractivity contribution < 1.29 is 23.9 Å². The average molecular weight is 551 g/mol. The molecule has 3 aliphatic rings. The molecule has 1 heterocycles.